The number of rotatable bonds is 2. The van der Waals surface area contributed by atoms with E-state index in [4.69, 9.17) is 0 Å². The molecule has 4 aromatic rings. The molecular weight excluding hydrogens is 314 g/mol. The Kier molecular flexibility index (Phi) is 2.60. The average Bonchev–Trinajstić information content (AvgIpc) is 2.70. The zero-order valence-corrected chi connectivity index (χ0v) is 14.3. The van der Waals surface area contributed by atoms with Crippen LogP contribution < -0.4 is 0 Å². The summed E-state index contributed by atoms with van der Waals surface area (Å²) in [6, 6.07) is 28.4. The van der Waals surface area contributed by atoms with Crippen LogP contribution in [0.5, 0.6) is 0 Å². The highest BCUT2D eigenvalue weighted by atomic mass is 15.2. The van der Waals surface area contributed by atoms with Gasteiger partial charge < -0.3 is 4.90 Å². The highest BCUT2D eigenvalue weighted by molar-refractivity contribution is 6.16. The normalized spacial score (nSPS) is 16.4. The summed E-state index contributed by atoms with van der Waals surface area (Å²) in [5, 5.41) is 5.32. The molecule has 0 amide bonds. The summed E-state index contributed by atoms with van der Waals surface area (Å²) in [5.41, 5.74) is 3.92. The Bertz CT molecular complexity index is 1160. The first-order valence-corrected chi connectivity index (χ1v) is 9.05. The van der Waals surface area contributed by atoms with Crippen molar-refractivity contribution in [2.24, 2.45) is 0 Å². The van der Waals surface area contributed by atoms with Crippen LogP contribution in [-0.4, -0.2) is 4.90 Å². The fourth-order valence-corrected chi connectivity index (χ4v) is 4.52. The molecule has 0 saturated heterocycles. The molecule has 6 rings (SSSR count). The molecule has 0 aliphatic carbocycles. The van der Waals surface area contributed by atoms with Crippen LogP contribution in [0.1, 0.15) is 5.56 Å². The summed E-state index contributed by atoms with van der Waals surface area (Å²) in [6.07, 6.45) is 8.94. The minimum Gasteiger partial charge on any atom is -0.338 e. The van der Waals surface area contributed by atoms with Gasteiger partial charge in [0.2, 0.25) is 0 Å². The van der Waals surface area contributed by atoms with E-state index in [1.807, 2.05) is 0 Å². The first kappa shape index (κ1) is 13.9. The number of hydrogen-bond donors (Lipinski definition) is 0. The summed E-state index contributed by atoms with van der Waals surface area (Å²) in [4.78, 5) is 2.31. The molecule has 0 bridgehead atoms. The Hall–Kier alpha value is -3.32. The number of benzene rings is 4. The predicted octanol–water partition coefficient (Wildman–Crippen LogP) is 6.21. The van der Waals surface area contributed by atoms with Crippen molar-refractivity contribution in [2.75, 3.05) is 0 Å². The van der Waals surface area contributed by atoms with Gasteiger partial charge in [0.1, 0.15) is 5.54 Å². The molecule has 2 heterocycles. The molecule has 4 aromatic carbocycles. The van der Waals surface area contributed by atoms with Crippen LogP contribution in [-0.2, 0) is 5.54 Å². The summed E-state index contributed by atoms with van der Waals surface area (Å²) >= 11 is 0. The van der Waals surface area contributed by atoms with Gasteiger partial charge in [-0.25, -0.2) is 0 Å². The largest absolute Gasteiger partial charge is 0.338 e. The molecule has 0 spiro atoms. The van der Waals surface area contributed by atoms with Gasteiger partial charge >= 0.3 is 0 Å². The average molecular weight is 331 g/mol. The van der Waals surface area contributed by atoms with Gasteiger partial charge in [0, 0.05) is 18.0 Å². The van der Waals surface area contributed by atoms with Crippen LogP contribution in [0.4, 0.5) is 0 Å². The maximum absolute atomic E-state index is 2.31. The zero-order valence-electron chi connectivity index (χ0n) is 14.3. The first-order valence-electron chi connectivity index (χ1n) is 9.05. The highest BCUT2D eigenvalue weighted by Gasteiger charge is 2.45. The van der Waals surface area contributed by atoms with Crippen molar-refractivity contribution in [3.05, 3.63) is 109 Å². The SMILES string of the molecule is C1=CC2(c3c4ccccc4c(-c4ccccc4)c4ccccc34)C=CN12. The van der Waals surface area contributed by atoms with E-state index < -0.39 is 0 Å². The topological polar surface area (TPSA) is 3.24 Å². The molecule has 0 N–H and O–H groups in total. The van der Waals surface area contributed by atoms with Gasteiger partial charge in [0.15, 0.2) is 0 Å². The maximum atomic E-state index is 2.31. The molecule has 0 saturated carbocycles. The van der Waals surface area contributed by atoms with Crippen LogP contribution in [0.15, 0.2) is 103 Å². The summed E-state index contributed by atoms with van der Waals surface area (Å²) in [6.45, 7) is 0. The molecule has 0 fully saturated rings. The number of nitrogens with zero attached hydrogens (tertiary/aromatic N) is 1. The number of fused-ring (bicyclic) bond motifs is 3. The van der Waals surface area contributed by atoms with Gasteiger partial charge in [-0.15, -0.1) is 0 Å². The molecule has 1 nitrogen and oxygen atoms in total. The van der Waals surface area contributed by atoms with Crippen molar-refractivity contribution >= 4 is 21.5 Å². The molecule has 0 radical (unpaired) electrons. The standard InChI is InChI=1S/C25H17N/c1-2-8-18(9-3-1)23-19-10-4-6-12-21(19)24(22-13-7-5-11-20(22)23)25-14-16-26(25)17-15-25/h1-17H. The maximum Gasteiger partial charge on any atom is 0.110 e. The van der Waals surface area contributed by atoms with Crippen molar-refractivity contribution in [1.29, 1.82) is 0 Å². The molecule has 1 heteroatoms. The minimum absolute atomic E-state index is 0.0750. The first-order chi connectivity index (χ1) is 12.9. The summed E-state index contributed by atoms with van der Waals surface area (Å²) in [7, 11) is 0. The molecule has 26 heavy (non-hydrogen) atoms. The van der Waals surface area contributed by atoms with Crippen LogP contribution in [0.2, 0.25) is 0 Å². The highest BCUT2D eigenvalue weighted by Crippen LogP contribution is 2.52. The fourth-order valence-electron chi connectivity index (χ4n) is 4.52. The Morgan fingerprint density at radius 1 is 0.538 bits per heavy atom. The second-order valence-electron chi connectivity index (χ2n) is 7.07. The van der Waals surface area contributed by atoms with E-state index in [0.29, 0.717) is 0 Å². The zero-order chi connectivity index (χ0) is 17.1. The Morgan fingerprint density at radius 3 is 1.50 bits per heavy atom. The van der Waals surface area contributed by atoms with Gasteiger partial charge in [-0.1, -0.05) is 78.9 Å². The van der Waals surface area contributed by atoms with E-state index in [-0.39, 0.29) is 5.54 Å². The summed E-state index contributed by atoms with van der Waals surface area (Å²) < 4.78 is 0. The van der Waals surface area contributed by atoms with E-state index in [2.05, 4.69) is 108 Å². The van der Waals surface area contributed by atoms with Crippen molar-refractivity contribution in [3.63, 3.8) is 0 Å². The van der Waals surface area contributed by atoms with Crippen molar-refractivity contribution in [1.82, 2.24) is 4.90 Å². The van der Waals surface area contributed by atoms with Crippen LogP contribution in [0.25, 0.3) is 32.7 Å². The van der Waals surface area contributed by atoms with E-state index in [9.17, 15) is 0 Å². The molecular formula is C25H17N. The second kappa shape index (κ2) is 4.86. The van der Waals surface area contributed by atoms with Crippen molar-refractivity contribution < 1.29 is 0 Å². The molecule has 2 aliphatic rings. The van der Waals surface area contributed by atoms with Crippen LogP contribution in [0.3, 0.4) is 0 Å². The van der Waals surface area contributed by atoms with Gasteiger partial charge in [-0.05, 0) is 44.8 Å². The Morgan fingerprint density at radius 2 is 1.04 bits per heavy atom. The molecule has 0 unspecified atom stereocenters. The quantitative estimate of drug-likeness (QED) is 0.395. The lowest BCUT2D eigenvalue weighted by Gasteiger charge is -2.51. The fraction of sp³-hybridized carbons (Fsp3) is 0.0400. The molecule has 2 aliphatic heterocycles. The van der Waals surface area contributed by atoms with Gasteiger partial charge in [0.05, 0.1) is 0 Å². The smallest absolute Gasteiger partial charge is 0.110 e. The molecule has 0 aromatic heterocycles. The lowest BCUT2D eigenvalue weighted by atomic mass is 9.73. The third-order valence-corrected chi connectivity index (χ3v) is 5.80. The predicted molar refractivity (Wildman–Crippen MR) is 109 cm³/mol. The third-order valence-electron chi connectivity index (χ3n) is 5.80. The minimum atomic E-state index is -0.0750. The van der Waals surface area contributed by atoms with Crippen molar-refractivity contribution in [2.45, 2.75) is 5.54 Å². The van der Waals surface area contributed by atoms with Crippen molar-refractivity contribution in [3.8, 4) is 11.1 Å². The van der Waals surface area contributed by atoms with Gasteiger partial charge in [-0.3, -0.25) is 0 Å². The van der Waals surface area contributed by atoms with Gasteiger partial charge in [-0.2, -0.15) is 0 Å². The lowest BCUT2D eigenvalue weighted by molar-refractivity contribution is 0.241. The number of hydrogen-bond acceptors (Lipinski definition) is 1. The lowest BCUT2D eigenvalue weighted by Crippen LogP contribution is -2.49. The Labute approximate surface area is 152 Å². The van der Waals surface area contributed by atoms with E-state index >= 15 is 0 Å². The Balaban J connectivity index is 1.84. The monoisotopic (exact) mass is 331 g/mol. The van der Waals surface area contributed by atoms with E-state index in [0.717, 1.165) is 0 Å². The van der Waals surface area contributed by atoms with Crippen LogP contribution >= 0.6 is 0 Å². The van der Waals surface area contributed by atoms with Crippen LogP contribution in [0, 0.1) is 0 Å². The van der Waals surface area contributed by atoms with E-state index in [1.54, 1.807) is 0 Å². The summed E-state index contributed by atoms with van der Waals surface area (Å²) in [5.74, 6) is 0. The molecule has 122 valence electrons. The molecule has 0 atom stereocenters. The third kappa shape index (κ3) is 1.60. The van der Waals surface area contributed by atoms with Gasteiger partial charge in [0.25, 0.3) is 0 Å². The van der Waals surface area contributed by atoms with E-state index in [1.165, 1.54) is 38.2 Å². The second-order valence-corrected chi connectivity index (χ2v) is 7.07.